The molecule has 3 aromatic carbocycles. The zero-order chi connectivity index (χ0) is 39.1. The third-order valence-corrected chi connectivity index (χ3v) is 10.1. The van der Waals surface area contributed by atoms with Gasteiger partial charge in [0.05, 0.1) is 55.4 Å². The Morgan fingerprint density at radius 2 is 1.67 bits per heavy atom. The minimum Gasteiger partial charge on any atom is -0.457 e. The number of benzene rings is 3. The molecular weight excluding hydrogens is 720 g/mol. The van der Waals surface area contributed by atoms with Gasteiger partial charge >= 0.3 is 11.9 Å². The molecule has 2 aromatic heterocycles. The number of ether oxygens (including phenoxy) is 2. The summed E-state index contributed by atoms with van der Waals surface area (Å²) in [6.07, 6.45) is -1.75. The standard InChI is InChI=1S/C37H26N6O12/c1-4-37(26-14-29-32-20(10-19-7-5-6-8-27(19)38-32)15-40(29)34(44)25(26)16-53-36(37)46)54-35(45)18(3)55-39-33-23-11-21(41(47)48)9-17(2)30(23)31-24(33)12-22(42(49)50)13-28(31)43(51)52/h5-14,18H,4,15-16H2,1-3H3/b39-33-/t18-,37-/m0/s1. The lowest BCUT2D eigenvalue weighted by molar-refractivity contribution is -0.393. The molecule has 4 heterocycles. The molecule has 18 nitrogen and oxygen atoms in total. The third kappa shape index (κ3) is 5.20. The number of oxime groups is 1. The van der Waals surface area contributed by atoms with E-state index in [0.29, 0.717) is 16.9 Å². The van der Waals surface area contributed by atoms with Gasteiger partial charge in [0.15, 0.2) is 0 Å². The number of cyclic esters (lactones) is 1. The summed E-state index contributed by atoms with van der Waals surface area (Å²) in [6.45, 7) is 4.16. The molecule has 18 heteroatoms. The van der Waals surface area contributed by atoms with Crippen molar-refractivity contribution >= 4 is 45.6 Å². The highest BCUT2D eigenvalue weighted by atomic mass is 16.7. The van der Waals surface area contributed by atoms with Crippen LogP contribution in [0.1, 0.15) is 53.6 Å². The van der Waals surface area contributed by atoms with E-state index in [1.165, 1.54) is 24.5 Å². The number of para-hydroxylation sites is 1. The van der Waals surface area contributed by atoms with Crippen LogP contribution >= 0.6 is 0 Å². The molecule has 2 atom stereocenters. The van der Waals surface area contributed by atoms with E-state index in [9.17, 15) is 44.7 Å². The highest BCUT2D eigenvalue weighted by Gasteiger charge is 2.51. The van der Waals surface area contributed by atoms with Crippen molar-refractivity contribution in [3.05, 3.63) is 135 Å². The Balaban J connectivity index is 1.18. The van der Waals surface area contributed by atoms with E-state index in [1.54, 1.807) is 13.0 Å². The first-order valence-corrected chi connectivity index (χ1v) is 16.8. The Labute approximate surface area is 308 Å². The predicted molar refractivity (Wildman–Crippen MR) is 191 cm³/mol. The van der Waals surface area contributed by atoms with Gasteiger partial charge in [-0.25, -0.2) is 14.6 Å². The second kappa shape index (κ2) is 12.4. The van der Waals surface area contributed by atoms with Crippen LogP contribution in [0.25, 0.3) is 33.4 Å². The van der Waals surface area contributed by atoms with Gasteiger partial charge in [-0.2, -0.15) is 0 Å². The molecule has 0 amide bonds. The van der Waals surface area contributed by atoms with Gasteiger partial charge in [0, 0.05) is 51.4 Å². The zero-order valence-corrected chi connectivity index (χ0v) is 29.1. The Kier molecular flexibility index (Phi) is 7.80. The van der Waals surface area contributed by atoms with Crippen molar-refractivity contribution in [3.8, 4) is 22.5 Å². The van der Waals surface area contributed by atoms with Crippen LogP contribution in [0.4, 0.5) is 17.1 Å². The lowest BCUT2D eigenvalue weighted by atomic mass is 9.85. The topological polar surface area (TPSA) is 238 Å². The molecule has 0 N–H and O–H groups in total. The van der Waals surface area contributed by atoms with Crippen LogP contribution in [0.2, 0.25) is 0 Å². The third-order valence-electron chi connectivity index (χ3n) is 10.1. The normalized spacial score (nSPS) is 17.4. The SMILES string of the molecule is CC[C@@]1(OC(=O)[C@H](C)O/N=C2/c3cc([N+](=O)[O-])cc(C)c3-c3c2cc([N+](=O)[O-])cc3[N+](=O)[O-])C(=O)OCc2c1cc1n(c2=O)Cc2cc3ccccc3nc2-1. The summed E-state index contributed by atoms with van der Waals surface area (Å²) in [6, 6.07) is 15.1. The maximum absolute atomic E-state index is 13.9. The summed E-state index contributed by atoms with van der Waals surface area (Å²) in [5.74, 6) is -2.05. The van der Waals surface area contributed by atoms with Crippen LogP contribution in [0.5, 0.6) is 0 Å². The van der Waals surface area contributed by atoms with Crippen LogP contribution < -0.4 is 5.56 Å². The van der Waals surface area contributed by atoms with Crippen LogP contribution in [0.15, 0.2) is 70.6 Å². The Morgan fingerprint density at radius 1 is 0.982 bits per heavy atom. The fraction of sp³-hybridized carbons (Fsp3) is 0.216. The molecule has 55 heavy (non-hydrogen) atoms. The molecular formula is C37H26N6O12. The second-order valence-electron chi connectivity index (χ2n) is 13.2. The van der Waals surface area contributed by atoms with Crippen molar-refractivity contribution in [2.24, 2.45) is 5.16 Å². The summed E-state index contributed by atoms with van der Waals surface area (Å²) < 4.78 is 12.8. The van der Waals surface area contributed by atoms with Crippen LogP contribution in [0.3, 0.4) is 0 Å². The monoisotopic (exact) mass is 746 g/mol. The van der Waals surface area contributed by atoms with Gasteiger partial charge in [-0.05, 0) is 44.0 Å². The number of rotatable bonds is 8. The van der Waals surface area contributed by atoms with Gasteiger partial charge in [0.1, 0.15) is 12.3 Å². The number of nitro benzene ring substituents is 3. The van der Waals surface area contributed by atoms with E-state index >= 15 is 0 Å². The predicted octanol–water partition coefficient (Wildman–Crippen LogP) is 5.50. The second-order valence-corrected chi connectivity index (χ2v) is 13.2. The molecule has 0 radical (unpaired) electrons. The first-order valence-electron chi connectivity index (χ1n) is 16.8. The number of non-ortho nitro benzene ring substituents is 2. The molecule has 0 saturated heterocycles. The fourth-order valence-corrected chi connectivity index (χ4v) is 7.46. The lowest BCUT2D eigenvalue weighted by Gasteiger charge is -2.36. The van der Waals surface area contributed by atoms with E-state index in [1.807, 2.05) is 30.3 Å². The van der Waals surface area contributed by atoms with Crippen LogP contribution in [0, 0.1) is 37.3 Å². The average molecular weight is 747 g/mol. The van der Waals surface area contributed by atoms with Gasteiger partial charge in [-0.1, -0.05) is 30.3 Å². The minimum absolute atomic E-state index is 0.00307. The average Bonchev–Trinajstić information content (AvgIpc) is 3.68. The molecule has 0 saturated carbocycles. The number of nitro groups is 3. The minimum atomic E-state index is -2.09. The molecule has 0 unspecified atom stereocenters. The summed E-state index contributed by atoms with van der Waals surface area (Å²) in [5.41, 5.74) is -1.61. The van der Waals surface area contributed by atoms with Crippen LogP contribution in [-0.2, 0) is 42.7 Å². The Bertz CT molecular complexity index is 2720. The lowest BCUT2D eigenvalue weighted by Crippen LogP contribution is -2.48. The zero-order valence-electron chi connectivity index (χ0n) is 29.1. The molecule has 276 valence electrons. The van der Waals surface area contributed by atoms with Crippen molar-refractivity contribution in [3.63, 3.8) is 0 Å². The fourth-order valence-electron chi connectivity index (χ4n) is 7.46. The Hall–Kier alpha value is -7.37. The summed E-state index contributed by atoms with van der Waals surface area (Å²) in [7, 11) is 0. The van der Waals surface area contributed by atoms with Crippen molar-refractivity contribution in [1.29, 1.82) is 0 Å². The van der Waals surface area contributed by atoms with E-state index < -0.39 is 61.0 Å². The number of hydrogen-bond donors (Lipinski definition) is 0. The number of hydrogen-bond acceptors (Lipinski definition) is 14. The number of aryl methyl sites for hydroxylation is 1. The van der Waals surface area contributed by atoms with Crippen molar-refractivity contribution < 1.29 is 38.7 Å². The molecule has 5 aromatic rings. The van der Waals surface area contributed by atoms with Crippen molar-refractivity contribution in [2.45, 2.75) is 52.0 Å². The molecule has 8 rings (SSSR count). The van der Waals surface area contributed by atoms with Gasteiger partial charge in [-0.3, -0.25) is 35.1 Å². The Morgan fingerprint density at radius 3 is 2.36 bits per heavy atom. The van der Waals surface area contributed by atoms with E-state index in [-0.39, 0.29) is 64.2 Å². The highest BCUT2D eigenvalue weighted by molar-refractivity contribution is 6.26. The van der Waals surface area contributed by atoms with Gasteiger partial charge < -0.3 is 18.9 Å². The largest absolute Gasteiger partial charge is 0.457 e. The number of aromatic nitrogens is 2. The summed E-state index contributed by atoms with van der Waals surface area (Å²) >= 11 is 0. The number of fused-ring (bicyclic) bond motifs is 8. The van der Waals surface area contributed by atoms with Crippen molar-refractivity contribution in [2.75, 3.05) is 0 Å². The van der Waals surface area contributed by atoms with Gasteiger partial charge in [-0.15, -0.1) is 0 Å². The molecule has 3 aliphatic rings. The number of carbonyl (C=O) groups is 2. The molecule has 2 aliphatic heterocycles. The summed E-state index contributed by atoms with van der Waals surface area (Å²) in [5, 5.41) is 40.6. The number of esters is 2. The number of nitrogens with zero attached hydrogens (tertiary/aromatic N) is 6. The number of carbonyl (C=O) groups excluding carboxylic acids is 2. The maximum Gasteiger partial charge on any atom is 0.355 e. The van der Waals surface area contributed by atoms with E-state index in [2.05, 4.69) is 5.16 Å². The highest BCUT2D eigenvalue weighted by Crippen LogP contribution is 2.48. The first-order chi connectivity index (χ1) is 26.2. The summed E-state index contributed by atoms with van der Waals surface area (Å²) in [4.78, 5) is 85.0. The molecule has 0 bridgehead atoms. The smallest absolute Gasteiger partial charge is 0.355 e. The van der Waals surface area contributed by atoms with Crippen LogP contribution in [-0.4, -0.2) is 48.1 Å². The first kappa shape index (κ1) is 34.7. The van der Waals surface area contributed by atoms with Gasteiger partial charge in [0.2, 0.25) is 11.7 Å². The molecule has 0 fully saturated rings. The van der Waals surface area contributed by atoms with Crippen molar-refractivity contribution in [1.82, 2.24) is 9.55 Å². The van der Waals surface area contributed by atoms with E-state index in [0.717, 1.165) is 29.1 Å². The number of pyridine rings is 2. The van der Waals surface area contributed by atoms with Gasteiger partial charge in [0.25, 0.3) is 22.6 Å². The molecule has 1 aliphatic carbocycles. The maximum atomic E-state index is 13.9. The van der Waals surface area contributed by atoms with E-state index in [4.69, 9.17) is 19.3 Å². The molecule has 0 spiro atoms. The quantitative estimate of drug-likeness (QED) is 0.106.